The molecule has 17 heavy (non-hydrogen) atoms. The third-order valence-corrected chi connectivity index (χ3v) is 3.23. The molecule has 0 saturated heterocycles. The number of nitrogens with zero attached hydrogens (tertiary/aromatic N) is 3. The number of anilines is 1. The summed E-state index contributed by atoms with van der Waals surface area (Å²) in [4.78, 5) is 10.9. The van der Waals surface area contributed by atoms with Crippen LogP contribution in [-0.4, -0.2) is 47.3 Å². The molecule has 96 valence electrons. The number of aromatic nitrogens is 2. The first kappa shape index (κ1) is 14.3. The second-order valence-corrected chi connectivity index (χ2v) is 4.51. The van der Waals surface area contributed by atoms with Crippen molar-refractivity contribution in [1.82, 2.24) is 14.9 Å². The monoisotopic (exact) mass is 254 g/mol. The normalized spacial score (nSPS) is 10.8. The molecule has 0 unspecified atom stereocenters. The molecule has 0 bridgehead atoms. The highest BCUT2D eigenvalue weighted by Crippen LogP contribution is 2.10. The van der Waals surface area contributed by atoms with Gasteiger partial charge in [-0.15, -0.1) is 0 Å². The van der Waals surface area contributed by atoms with Crippen LogP contribution in [0.15, 0.2) is 17.4 Å². The van der Waals surface area contributed by atoms with E-state index in [0.29, 0.717) is 0 Å². The first-order chi connectivity index (χ1) is 8.30. The molecule has 1 heterocycles. The maximum Gasteiger partial charge on any atom is 0.189 e. The Morgan fingerprint density at radius 2 is 2.12 bits per heavy atom. The molecule has 0 spiro atoms. The highest BCUT2D eigenvalue weighted by Gasteiger charge is 1.99. The van der Waals surface area contributed by atoms with Gasteiger partial charge in [-0.2, -0.15) is 0 Å². The summed E-state index contributed by atoms with van der Waals surface area (Å²) in [5.41, 5.74) is 0. The fraction of sp³-hybridized carbons (Fsp3) is 0.667. The molecule has 0 aliphatic rings. The van der Waals surface area contributed by atoms with E-state index in [1.54, 1.807) is 18.0 Å². The molecule has 1 N–H and O–H groups in total. The zero-order valence-electron chi connectivity index (χ0n) is 10.9. The molecule has 5 heteroatoms. The second kappa shape index (κ2) is 8.31. The van der Waals surface area contributed by atoms with E-state index in [-0.39, 0.29) is 0 Å². The van der Waals surface area contributed by atoms with E-state index in [2.05, 4.69) is 34.0 Å². The summed E-state index contributed by atoms with van der Waals surface area (Å²) in [6.45, 7) is 8.75. The van der Waals surface area contributed by atoms with Gasteiger partial charge >= 0.3 is 0 Å². The van der Waals surface area contributed by atoms with Crippen molar-refractivity contribution in [3.05, 3.63) is 12.3 Å². The Bertz CT molecular complexity index is 315. The van der Waals surface area contributed by atoms with E-state index >= 15 is 0 Å². The van der Waals surface area contributed by atoms with Crippen molar-refractivity contribution in [3.8, 4) is 0 Å². The average Bonchev–Trinajstić information content (AvgIpc) is 2.39. The Balaban J connectivity index is 2.26. The van der Waals surface area contributed by atoms with Crippen molar-refractivity contribution < 1.29 is 0 Å². The van der Waals surface area contributed by atoms with Crippen molar-refractivity contribution in [1.29, 1.82) is 0 Å². The molecule has 0 aliphatic carbocycles. The largest absolute Gasteiger partial charge is 0.370 e. The van der Waals surface area contributed by atoms with Crippen LogP contribution >= 0.6 is 11.8 Å². The summed E-state index contributed by atoms with van der Waals surface area (Å²) in [6.07, 6.45) is 4.92. The highest BCUT2D eigenvalue weighted by atomic mass is 32.2. The smallest absolute Gasteiger partial charge is 0.189 e. The number of rotatable bonds is 8. The topological polar surface area (TPSA) is 41.0 Å². The number of hydrogen-bond donors (Lipinski definition) is 1. The molecule has 1 rings (SSSR count). The average molecular weight is 254 g/mol. The lowest BCUT2D eigenvalue weighted by molar-refractivity contribution is 0.303. The third-order valence-electron chi connectivity index (χ3n) is 2.67. The van der Waals surface area contributed by atoms with Crippen molar-refractivity contribution in [3.63, 3.8) is 0 Å². The van der Waals surface area contributed by atoms with Crippen LogP contribution in [0.5, 0.6) is 0 Å². The lowest BCUT2D eigenvalue weighted by Gasteiger charge is -2.17. The molecule has 0 saturated carbocycles. The summed E-state index contributed by atoms with van der Waals surface area (Å²) in [5, 5.41) is 4.15. The summed E-state index contributed by atoms with van der Waals surface area (Å²) < 4.78 is 0. The standard InChI is InChI=1S/C12H22N4S/c1-4-16(5-2)10-6-8-13-11-7-9-14-12(15-11)17-3/h7,9H,4-6,8,10H2,1-3H3,(H,13,14,15). The van der Waals surface area contributed by atoms with Crippen molar-refractivity contribution in [2.45, 2.75) is 25.4 Å². The Morgan fingerprint density at radius 3 is 2.76 bits per heavy atom. The van der Waals surface area contributed by atoms with Gasteiger partial charge in [0, 0.05) is 12.7 Å². The fourth-order valence-corrected chi connectivity index (χ4v) is 1.95. The van der Waals surface area contributed by atoms with Crippen LogP contribution in [0.2, 0.25) is 0 Å². The van der Waals surface area contributed by atoms with E-state index in [9.17, 15) is 0 Å². The zero-order valence-corrected chi connectivity index (χ0v) is 11.8. The van der Waals surface area contributed by atoms with Crippen LogP contribution in [-0.2, 0) is 0 Å². The van der Waals surface area contributed by atoms with Gasteiger partial charge in [0.05, 0.1) is 0 Å². The predicted molar refractivity (Wildman–Crippen MR) is 74.7 cm³/mol. The van der Waals surface area contributed by atoms with Crippen molar-refractivity contribution in [2.75, 3.05) is 37.8 Å². The zero-order chi connectivity index (χ0) is 12.5. The minimum atomic E-state index is 0.818. The Hall–Kier alpha value is -0.810. The van der Waals surface area contributed by atoms with Crippen LogP contribution in [0, 0.1) is 0 Å². The summed E-state index contributed by atoms with van der Waals surface area (Å²) in [7, 11) is 0. The van der Waals surface area contributed by atoms with Gasteiger partial charge in [-0.05, 0) is 38.4 Å². The fourth-order valence-electron chi connectivity index (χ4n) is 1.60. The molecule has 0 aliphatic heterocycles. The molecular formula is C12H22N4S. The summed E-state index contributed by atoms with van der Waals surface area (Å²) in [5.74, 6) is 0.920. The predicted octanol–water partition coefficient (Wildman–Crippen LogP) is 2.34. The van der Waals surface area contributed by atoms with Crippen LogP contribution in [0.4, 0.5) is 5.82 Å². The van der Waals surface area contributed by atoms with Gasteiger partial charge in [0.2, 0.25) is 0 Å². The minimum absolute atomic E-state index is 0.818. The molecule has 0 fully saturated rings. The van der Waals surface area contributed by atoms with E-state index < -0.39 is 0 Å². The van der Waals surface area contributed by atoms with Gasteiger partial charge in [0.25, 0.3) is 0 Å². The van der Waals surface area contributed by atoms with Crippen LogP contribution in [0.25, 0.3) is 0 Å². The van der Waals surface area contributed by atoms with Gasteiger partial charge in [-0.1, -0.05) is 25.6 Å². The van der Waals surface area contributed by atoms with Crippen LogP contribution in [0.1, 0.15) is 20.3 Å². The first-order valence-electron chi connectivity index (χ1n) is 6.13. The quantitative estimate of drug-likeness (QED) is 0.438. The van der Waals surface area contributed by atoms with E-state index in [4.69, 9.17) is 0 Å². The second-order valence-electron chi connectivity index (χ2n) is 3.74. The first-order valence-corrected chi connectivity index (χ1v) is 7.35. The lowest BCUT2D eigenvalue weighted by Crippen LogP contribution is -2.25. The molecule has 1 aromatic rings. The van der Waals surface area contributed by atoms with Gasteiger partial charge in [0.15, 0.2) is 5.16 Å². The Morgan fingerprint density at radius 1 is 1.35 bits per heavy atom. The van der Waals surface area contributed by atoms with E-state index in [1.165, 1.54) is 0 Å². The van der Waals surface area contributed by atoms with Gasteiger partial charge in [-0.3, -0.25) is 0 Å². The Kier molecular flexibility index (Phi) is 6.96. The Labute approximate surface area is 108 Å². The number of nitrogens with one attached hydrogen (secondary N) is 1. The number of hydrogen-bond acceptors (Lipinski definition) is 5. The molecule has 0 amide bonds. The van der Waals surface area contributed by atoms with E-state index in [0.717, 1.165) is 43.6 Å². The lowest BCUT2D eigenvalue weighted by atomic mass is 10.3. The summed E-state index contributed by atoms with van der Waals surface area (Å²) >= 11 is 1.56. The minimum Gasteiger partial charge on any atom is -0.370 e. The van der Waals surface area contributed by atoms with Gasteiger partial charge < -0.3 is 10.2 Å². The molecule has 1 aromatic heterocycles. The van der Waals surface area contributed by atoms with Crippen molar-refractivity contribution in [2.24, 2.45) is 0 Å². The van der Waals surface area contributed by atoms with Crippen molar-refractivity contribution >= 4 is 17.6 Å². The SMILES string of the molecule is CCN(CC)CCCNc1ccnc(SC)n1. The van der Waals surface area contributed by atoms with Gasteiger partial charge in [-0.25, -0.2) is 9.97 Å². The maximum absolute atomic E-state index is 4.38. The van der Waals surface area contributed by atoms with E-state index in [1.807, 2.05) is 12.3 Å². The molecular weight excluding hydrogens is 232 g/mol. The third kappa shape index (κ3) is 5.37. The molecule has 0 radical (unpaired) electrons. The maximum atomic E-state index is 4.38. The van der Waals surface area contributed by atoms with Gasteiger partial charge in [0.1, 0.15) is 5.82 Å². The number of thioether (sulfide) groups is 1. The molecule has 0 aromatic carbocycles. The molecule has 0 atom stereocenters. The molecule has 4 nitrogen and oxygen atoms in total. The van der Waals surface area contributed by atoms with Crippen LogP contribution < -0.4 is 5.32 Å². The summed E-state index contributed by atoms with van der Waals surface area (Å²) in [6, 6.07) is 1.91. The highest BCUT2D eigenvalue weighted by molar-refractivity contribution is 7.98. The van der Waals surface area contributed by atoms with Crippen LogP contribution in [0.3, 0.4) is 0 Å².